The van der Waals surface area contributed by atoms with Crippen molar-refractivity contribution in [3.05, 3.63) is 0 Å². The Labute approximate surface area is 110 Å². The molecule has 1 saturated heterocycles. The second-order valence-electron chi connectivity index (χ2n) is 4.54. The Morgan fingerprint density at radius 3 is 2.76 bits per heavy atom. The highest BCUT2D eigenvalue weighted by Gasteiger charge is 2.22. The van der Waals surface area contributed by atoms with E-state index in [1.54, 1.807) is 6.92 Å². The van der Waals surface area contributed by atoms with E-state index in [0.717, 1.165) is 45.4 Å². The van der Waals surface area contributed by atoms with Crippen molar-refractivity contribution in [3.8, 4) is 0 Å². The standard InChI is InChI=1S/C12H24N2O2.ClH/c1-3-9-16-11-5-4-7-14(8-6-11)12(15)10(2)13;/h10-11H,3-9,13H2,1-2H3;1H/t10-,11?;/m0./s1. The molecule has 2 atom stereocenters. The molecule has 4 nitrogen and oxygen atoms in total. The fraction of sp³-hybridized carbons (Fsp3) is 0.917. The average Bonchev–Trinajstić information content (AvgIpc) is 2.50. The number of carbonyl (C=O) groups is 1. The molecule has 17 heavy (non-hydrogen) atoms. The van der Waals surface area contributed by atoms with Crippen LogP contribution in [0.2, 0.25) is 0 Å². The summed E-state index contributed by atoms with van der Waals surface area (Å²) in [6, 6.07) is -0.381. The molecule has 0 aromatic rings. The van der Waals surface area contributed by atoms with Crippen LogP contribution in [0.3, 0.4) is 0 Å². The first kappa shape index (κ1) is 16.7. The number of hydrogen-bond donors (Lipinski definition) is 1. The van der Waals surface area contributed by atoms with Gasteiger partial charge in [0.25, 0.3) is 0 Å². The molecule has 1 aliphatic heterocycles. The minimum Gasteiger partial charge on any atom is -0.378 e. The van der Waals surface area contributed by atoms with E-state index in [0.29, 0.717) is 6.10 Å². The Bertz CT molecular complexity index is 225. The van der Waals surface area contributed by atoms with Crippen LogP contribution in [-0.4, -0.2) is 42.6 Å². The van der Waals surface area contributed by atoms with Gasteiger partial charge in [-0.15, -0.1) is 12.4 Å². The fourth-order valence-corrected chi connectivity index (χ4v) is 2.03. The molecule has 0 radical (unpaired) electrons. The largest absolute Gasteiger partial charge is 0.378 e. The van der Waals surface area contributed by atoms with Crippen LogP contribution in [0.15, 0.2) is 0 Å². The van der Waals surface area contributed by atoms with Crippen LogP contribution in [0.1, 0.15) is 39.5 Å². The van der Waals surface area contributed by atoms with Crippen LogP contribution in [0.25, 0.3) is 0 Å². The van der Waals surface area contributed by atoms with E-state index in [1.165, 1.54) is 0 Å². The van der Waals surface area contributed by atoms with Crippen LogP contribution in [0, 0.1) is 0 Å². The van der Waals surface area contributed by atoms with Crippen LogP contribution >= 0.6 is 12.4 Å². The van der Waals surface area contributed by atoms with E-state index >= 15 is 0 Å². The van der Waals surface area contributed by atoms with E-state index in [9.17, 15) is 4.79 Å². The minimum atomic E-state index is -0.381. The number of rotatable bonds is 4. The highest BCUT2D eigenvalue weighted by atomic mass is 35.5. The van der Waals surface area contributed by atoms with Crippen LogP contribution in [0.4, 0.5) is 0 Å². The summed E-state index contributed by atoms with van der Waals surface area (Å²) in [5.41, 5.74) is 5.61. The molecule has 1 amide bonds. The number of carbonyl (C=O) groups excluding carboxylic acids is 1. The smallest absolute Gasteiger partial charge is 0.239 e. The number of nitrogens with two attached hydrogens (primary N) is 1. The summed E-state index contributed by atoms with van der Waals surface area (Å²) in [5, 5.41) is 0. The van der Waals surface area contributed by atoms with E-state index < -0.39 is 0 Å². The topological polar surface area (TPSA) is 55.6 Å². The SMILES string of the molecule is CCCOC1CCCN(C(=O)[C@H](C)N)CC1.Cl. The lowest BCUT2D eigenvalue weighted by atomic mass is 10.2. The van der Waals surface area contributed by atoms with Crippen molar-refractivity contribution >= 4 is 18.3 Å². The molecule has 1 rings (SSSR count). The van der Waals surface area contributed by atoms with Gasteiger partial charge in [-0.2, -0.15) is 0 Å². The Balaban J connectivity index is 0.00000256. The maximum Gasteiger partial charge on any atom is 0.239 e. The fourth-order valence-electron chi connectivity index (χ4n) is 2.03. The summed E-state index contributed by atoms with van der Waals surface area (Å²) in [5.74, 6) is 0.0659. The first-order chi connectivity index (χ1) is 7.65. The normalized spacial score (nSPS) is 22.5. The van der Waals surface area contributed by atoms with Crippen LogP contribution in [-0.2, 0) is 9.53 Å². The van der Waals surface area contributed by atoms with Crippen molar-refractivity contribution in [2.75, 3.05) is 19.7 Å². The summed E-state index contributed by atoms with van der Waals surface area (Å²) in [6.45, 7) is 6.30. The number of hydrogen-bond acceptors (Lipinski definition) is 3. The molecule has 0 saturated carbocycles. The lowest BCUT2D eigenvalue weighted by Crippen LogP contribution is -2.42. The van der Waals surface area contributed by atoms with Gasteiger partial charge in [0.1, 0.15) is 0 Å². The Kier molecular flexibility index (Phi) is 8.56. The van der Waals surface area contributed by atoms with Crippen molar-refractivity contribution in [1.29, 1.82) is 0 Å². The van der Waals surface area contributed by atoms with E-state index in [2.05, 4.69) is 6.92 Å². The van der Waals surface area contributed by atoms with E-state index in [1.807, 2.05) is 4.90 Å². The van der Waals surface area contributed by atoms with Crippen LogP contribution in [0.5, 0.6) is 0 Å². The summed E-state index contributed by atoms with van der Waals surface area (Å²) >= 11 is 0. The zero-order valence-electron chi connectivity index (χ0n) is 10.9. The highest BCUT2D eigenvalue weighted by Crippen LogP contribution is 2.15. The van der Waals surface area contributed by atoms with Gasteiger partial charge in [-0.25, -0.2) is 0 Å². The maximum atomic E-state index is 11.7. The molecular formula is C12H25ClN2O2. The lowest BCUT2D eigenvalue weighted by Gasteiger charge is -2.22. The zero-order chi connectivity index (χ0) is 12.0. The molecular weight excluding hydrogens is 240 g/mol. The monoisotopic (exact) mass is 264 g/mol. The van der Waals surface area contributed by atoms with Crippen LogP contribution < -0.4 is 5.73 Å². The summed E-state index contributed by atoms with van der Waals surface area (Å²) in [4.78, 5) is 13.6. The quantitative estimate of drug-likeness (QED) is 0.839. The molecule has 1 unspecified atom stereocenters. The van der Waals surface area contributed by atoms with E-state index in [-0.39, 0.29) is 24.4 Å². The van der Waals surface area contributed by atoms with Crippen molar-refractivity contribution in [2.24, 2.45) is 5.73 Å². The van der Waals surface area contributed by atoms with Gasteiger partial charge in [-0.3, -0.25) is 4.79 Å². The second kappa shape index (κ2) is 8.72. The van der Waals surface area contributed by atoms with Crippen molar-refractivity contribution in [1.82, 2.24) is 4.90 Å². The average molecular weight is 265 g/mol. The molecule has 1 fully saturated rings. The minimum absolute atomic E-state index is 0. The second-order valence-corrected chi connectivity index (χ2v) is 4.54. The molecule has 0 aromatic carbocycles. The lowest BCUT2D eigenvalue weighted by molar-refractivity contribution is -0.132. The number of halogens is 1. The summed E-state index contributed by atoms with van der Waals surface area (Å²) < 4.78 is 5.73. The Morgan fingerprint density at radius 1 is 1.47 bits per heavy atom. The van der Waals surface area contributed by atoms with Crippen molar-refractivity contribution in [2.45, 2.75) is 51.7 Å². The van der Waals surface area contributed by atoms with Gasteiger partial charge in [-0.1, -0.05) is 6.92 Å². The first-order valence-corrected chi connectivity index (χ1v) is 6.31. The molecule has 0 aromatic heterocycles. The van der Waals surface area contributed by atoms with Gasteiger partial charge in [-0.05, 0) is 32.6 Å². The predicted octanol–water partition coefficient (Wildman–Crippen LogP) is 1.56. The highest BCUT2D eigenvalue weighted by molar-refractivity contribution is 5.85. The Morgan fingerprint density at radius 2 is 2.18 bits per heavy atom. The van der Waals surface area contributed by atoms with Gasteiger partial charge in [0.05, 0.1) is 12.1 Å². The van der Waals surface area contributed by atoms with Gasteiger partial charge >= 0.3 is 0 Å². The number of ether oxygens (including phenoxy) is 1. The first-order valence-electron chi connectivity index (χ1n) is 6.31. The summed E-state index contributed by atoms with van der Waals surface area (Å²) in [6.07, 6.45) is 4.40. The maximum absolute atomic E-state index is 11.7. The zero-order valence-corrected chi connectivity index (χ0v) is 11.7. The van der Waals surface area contributed by atoms with Crippen molar-refractivity contribution < 1.29 is 9.53 Å². The molecule has 1 heterocycles. The number of amides is 1. The van der Waals surface area contributed by atoms with Gasteiger partial charge in [0, 0.05) is 19.7 Å². The predicted molar refractivity (Wildman–Crippen MR) is 71.4 cm³/mol. The third kappa shape index (κ3) is 5.70. The molecule has 102 valence electrons. The summed E-state index contributed by atoms with van der Waals surface area (Å²) in [7, 11) is 0. The molecule has 5 heteroatoms. The molecule has 2 N–H and O–H groups in total. The molecule has 1 aliphatic rings. The van der Waals surface area contributed by atoms with Gasteiger partial charge < -0.3 is 15.4 Å². The van der Waals surface area contributed by atoms with Crippen molar-refractivity contribution in [3.63, 3.8) is 0 Å². The Hall–Kier alpha value is -0.320. The molecule has 0 bridgehead atoms. The molecule has 0 spiro atoms. The number of nitrogens with zero attached hydrogens (tertiary/aromatic N) is 1. The third-order valence-electron chi connectivity index (χ3n) is 2.93. The van der Waals surface area contributed by atoms with E-state index in [4.69, 9.17) is 10.5 Å². The molecule has 0 aliphatic carbocycles. The van der Waals surface area contributed by atoms with Gasteiger partial charge in [0.2, 0.25) is 5.91 Å². The van der Waals surface area contributed by atoms with Gasteiger partial charge in [0.15, 0.2) is 0 Å². The number of likely N-dealkylation sites (tertiary alicyclic amines) is 1. The third-order valence-corrected chi connectivity index (χ3v) is 2.93.